The van der Waals surface area contributed by atoms with Gasteiger partial charge in [-0.15, -0.1) is 0 Å². The molecular weight excluding hydrogens is 105 g/mol. The standard InChI is InChI=1S/CH2NOPS/c3-1-2-4-5/h4H2. The quantitative estimate of drug-likeness (QED) is 0.270. The van der Waals surface area contributed by atoms with Crippen LogP contribution in [0.25, 0.3) is 0 Å². The maximum absolute atomic E-state index is 9.07. The molecule has 0 radical (unpaired) electrons. The summed E-state index contributed by atoms with van der Waals surface area (Å²) < 4.78 is 3.06. The van der Waals surface area contributed by atoms with E-state index in [1.165, 1.54) is 6.08 Å². The normalized spacial score (nSPS) is 8.00. The first-order valence-corrected chi connectivity index (χ1v) is 3.32. The highest BCUT2D eigenvalue weighted by atomic mass is 32.4. The van der Waals surface area contributed by atoms with Crippen LogP contribution in [0, 0.1) is 0 Å². The van der Waals surface area contributed by atoms with Crippen molar-refractivity contribution in [2.24, 2.45) is 4.76 Å². The molecule has 0 fully saturated rings. The maximum Gasteiger partial charge on any atom is 0.239 e. The van der Waals surface area contributed by atoms with Gasteiger partial charge in [0.05, 0.1) is 0 Å². The van der Waals surface area contributed by atoms with E-state index in [2.05, 4.69) is 16.6 Å². The molecule has 0 saturated heterocycles. The van der Waals surface area contributed by atoms with Gasteiger partial charge in [-0.25, -0.2) is 4.79 Å². The third-order valence-corrected chi connectivity index (χ3v) is 0.632. The van der Waals surface area contributed by atoms with Crippen LogP contribution in [0.15, 0.2) is 4.76 Å². The SMILES string of the molecule is O=C=N[PH2]=S. The van der Waals surface area contributed by atoms with Gasteiger partial charge in [-0.05, 0) is 0 Å². The second kappa shape index (κ2) is 4.03. The molecule has 0 rings (SSSR count). The van der Waals surface area contributed by atoms with Crippen molar-refractivity contribution in [1.82, 2.24) is 0 Å². The van der Waals surface area contributed by atoms with Crippen molar-refractivity contribution >= 4 is 25.4 Å². The Kier molecular flexibility index (Phi) is 4.05. The lowest BCUT2D eigenvalue weighted by molar-refractivity contribution is 0.566. The molecule has 0 N–H and O–H groups in total. The molecule has 1 atom stereocenters. The topological polar surface area (TPSA) is 29.4 Å². The third kappa shape index (κ3) is 4.03. The van der Waals surface area contributed by atoms with E-state index >= 15 is 0 Å². The van der Waals surface area contributed by atoms with Crippen molar-refractivity contribution in [2.45, 2.75) is 0 Å². The molecule has 0 saturated carbocycles. The Morgan fingerprint density at radius 2 is 2.60 bits per heavy atom. The molecule has 0 spiro atoms. The second-order valence-electron chi connectivity index (χ2n) is 0.326. The summed E-state index contributed by atoms with van der Waals surface area (Å²) in [5.41, 5.74) is 0. The number of hydrogen-bond donors (Lipinski definition) is 0. The van der Waals surface area contributed by atoms with Gasteiger partial charge in [0.15, 0.2) is 0 Å². The Bertz CT molecular complexity index is 75.7. The zero-order valence-corrected chi connectivity index (χ0v) is 4.31. The number of carbonyl (C=O) groups excluding carboxylic acids is 1. The monoisotopic (exact) mass is 107 g/mol. The largest absolute Gasteiger partial charge is 0.239 e. The molecule has 28 valence electrons. The highest BCUT2D eigenvalue weighted by Gasteiger charge is 1.40. The van der Waals surface area contributed by atoms with Crippen molar-refractivity contribution in [3.8, 4) is 0 Å². The van der Waals surface area contributed by atoms with Crippen molar-refractivity contribution < 1.29 is 4.79 Å². The van der Waals surface area contributed by atoms with Gasteiger partial charge in [-0.3, -0.25) is 0 Å². The number of isocyanates is 1. The predicted octanol–water partition coefficient (Wildman–Crippen LogP) is 0.110. The fourth-order valence-corrected chi connectivity index (χ4v) is 0.194. The Morgan fingerprint density at radius 1 is 2.00 bits per heavy atom. The van der Waals surface area contributed by atoms with E-state index in [-0.39, 0.29) is 0 Å². The van der Waals surface area contributed by atoms with Crippen LogP contribution < -0.4 is 0 Å². The summed E-state index contributed by atoms with van der Waals surface area (Å²) in [6.07, 6.45) is 1.33. The van der Waals surface area contributed by atoms with Gasteiger partial charge in [0, 0.05) is 7.51 Å². The zero-order chi connectivity index (χ0) is 4.12. The van der Waals surface area contributed by atoms with E-state index in [9.17, 15) is 0 Å². The minimum atomic E-state index is -0.429. The van der Waals surface area contributed by atoms with Crippen LogP contribution in [-0.4, -0.2) is 6.08 Å². The fraction of sp³-hybridized carbons (Fsp3) is 0. The minimum absolute atomic E-state index is 0.429. The highest BCUT2D eigenvalue weighted by molar-refractivity contribution is 7.95. The molecule has 0 aromatic rings. The van der Waals surface area contributed by atoms with Crippen LogP contribution in [0.2, 0.25) is 0 Å². The lowest BCUT2D eigenvalue weighted by Crippen LogP contribution is -1.27. The van der Waals surface area contributed by atoms with E-state index in [1.54, 1.807) is 0 Å². The van der Waals surface area contributed by atoms with Crippen LogP contribution in [0.3, 0.4) is 0 Å². The van der Waals surface area contributed by atoms with E-state index < -0.39 is 7.51 Å². The molecule has 0 bridgehead atoms. The van der Waals surface area contributed by atoms with Crippen LogP contribution in [-0.2, 0) is 16.6 Å². The summed E-state index contributed by atoms with van der Waals surface area (Å²) in [6, 6.07) is 0. The van der Waals surface area contributed by atoms with E-state index in [0.717, 1.165) is 0 Å². The average molecular weight is 107 g/mol. The second-order valence-corrected chi connectivity index (χ2v) is 1.43. The molecule has 0 aromatic carbocycles. The molecule has 0 aliphatic heterocycles. The predicted molar refractivity (Wildman–Crippen MR) is 25.2 cm³/mol. The lowest BCUT2D eigenvalue weighted by atomic mass is 11.7. The highest BCUT2D eigenvalue weighted by Crippen LogP contribution is 1.85. The first-order chi connectivity index (χ1) is 2.41. The van der Waals surface area contributed by atoms with E-state index in [0.29, 0.717) is 0 Å². The molecule has 0 heterocycles. The molecule has 0 aromatic heterocycles. The number of hydrogen-bond acceptors (Lipinski definition) is 2. The van der Waals surface area contributed by atoms with Gasteiger partial charge in [-0.2, -0.15) is 4.76 Å². The average Bonchev–Trinajstić information content (AvgIpc) is 1.41. The van der Waals surface area contributed by atoms with Gasteiger partial charge in [0.2, 0.25) is 6.08 Å². The van der Waals surface area contributed by atoms with Gasteiger partial charge < -0.3 is 0 Å². The van der Waals surface area contributed by atoms with Crippen LogP contribution >= 0.6 is 7.51 Å². The zero-order valence-electron chi connectivity index (χ0n) is 2.34. The van der Waals surface area contributed by atoms with Crippen molar-refractivity contribution in [3.63, 3.8) is 0 Å². The van der Waals surface area contributed by atoms with Gasteiger partial charge in [0.1, 0.15) is 0 Å². The summed E-state index contributed by atoms with van der Waals surface area (Å²) in [5.74, 6) is 0. The molecule has 2 nitrogen and oxygen atoms in total. The Balaban J connectivity index is 3.31. The first kappa shape index (κ1) is 5.03. The molecule has 0 amide bonds. The summed E-state index contributed by atoms with van der Waals surface area (Å²) in [7, 11) is -0.429. The Labute approximate surface area is 35.8 Å². The van der Waals surface area contributed by atoms with Crippen molar-refractivity contribution in [1.29, 1.82) is 0 Å². The number of nitrogens with zero attached hydrogens (tertiary/aromatic N) is 1. The summed E-state index contributed by atoms with van der Waals surface area (Å²) in [4.78, 5) is 9.07. The summed E-state index contributed by atoms with van der Waals surface area (Å²) in [6.45, 7) is 0. The van der Waals surface area contributed by atoms with Crippen LogP contribution in [0.1, 0.15) is 0 Å². The molecule has 1 unspecified atom stereocenters. The van der Waals surface area contributed by atoms with Gasteiger partial charge in [0.25, 0.3) is 0 Å². The maximum atomic E-state index is 9.07. The summed E-state index contributed by atoms with van der Waals surface area (Å²) >= 11 is 4.31. The molecule has 0 aliphatic carbocycles. The van der Waals surface area contributed by atoms with E-state index in [4.69, 9.17) is 4.79 Å². The van der Waals surface area contributed by atoms with Gasteiger partial charge >= 0.3 is 0 Å². The van der Waals surface area contributed by atoms with Crippen molar-refractivity contribution in [2.75, 3.05) is 0 Å². The number of rotatable bonds is 1. The molecular formula is CH2NOPS. The van der Waals surface area contributed by atoms with E-state index in [1.807, 2.05) is 0 Å². The van der Waals surface area contributed by atoms with Gasteiger partial charge in [-0.1, -0.05) is 11.8 Å². The van der Waals surface area contributed by atoms with Crippen molar-refractivity contribution in [3.05, 3.63) is 0 Å². The molecule has 4 heteroatoms. The third-order valence-electron chi connectivity index (χ3n) is 0.105. The molecule has 0 aliphatic rings. The first-order valence-electron chi connectivity index (χ1n) is 0.922. The lowest BCUT2D eigenvalue weighted by Gasteiger charge is -1.45. The Hall–Kier alpha value is 0.0300. The van der Waals surface area contributed by atoms with Crippen LogP contribution in [0.5, 0.6) is 0 Å². The smallest absolute Gasteiger partial charge is 0.211 e. The molecule has 5 heavy (non-hydrogen) atoms. The fourth-order valence-electron chi connectivity index (χ4n) is 0.0215. The van der Waals surface area contributed by atoms with Crippen LogP contribution in [0.4, 0.5) is 0 Å². The Morgan fingerprint density at radius 3 is 2.60 bits per heavy atom. The minimum Gasteiger partial charge on any atom is -0.211 e. The summed E-state index contributed by atoms with van der Waals surface area (Å²) in [5, 5.41) is 0.